The smallest absolute Gasteiger partial charge is 0.222 e. The summed E-state index contributed by atoms with van der Waals surface area (Å²) in [6.45, 7) is 0. The Kier molecular flexibility index (Phi) is 4.12. The lowest BCUT2D eigenvalue weighted by Crippen LogP contribution is -2.02. The van der Waals surface area contributed by atoms with E-state index in [2.05, 4.69) is 4.98 Å². The van der Waals surface area contributed by atoms with E-state index in [1.807, 2.05) is 48.5 Å². The van der Waals surface area contributed by atoms with Crippen LogP contribution in [0.5, 0.6) is 5.88 Å². The van der Waals surface area contributed by atoms with Crippen molar-refractivity contribution in [2.75, 3.05) is 0 Å². The van der Waals surface area contributed by atoms with Gasteiger partial charge in [-0.1, -0.05) is 60.7 Å². The van der Waals surface area contributed by atoms with E-state index in [1.54, 1.807) is 18.2 Å². The number of ketones is 1. The molecule has 3 rings (SSSR count). The van der Waals surface area contributed by atoms with Gasteiger partial charge in [-0.15, -0.1) is 11.3 Å². The first-order valence-electron chi connectivity index (χ1n) is 6.75. The summed E-state index contributed by atoms with van der Waals surface area (Å²) in [5, 5.41) is 11.5. The minimum absolute atomic E-state index is 0.0696. The number of rotatable bonds is 4. The van der Waals surface area contributed by atoms with Gasteiger partial charge in [0.15, 0.2) is 5.78 Å². The Morgan fingerprint density at radius 1 is 1.00 bits per heavy atom. The van der Waals surface area contributed by atoms with Gasteiger partial charge < -0.3 is 5.11 Å². The van der Waals surface area contributed by atoms with Crippen LogP contribution in [0.1, 0.15) is 20.9 Å². The van der Waals surface area contributed by atoms with Crippen LogP contribution in [0.15, 0.2) is 66.0 Å². The quantitative estimate of drug-likeness (QED) is 0.578. The Balaban J connectivity index is 2.08. The molecule has 2 aromatic carbocycles. The molecule has 1 aromatic heterocycles. The van der Waals surface area contributed by atoms with Gasteiger partial charge in [-0.25, -0.2) is 4.98 Å². The van der Waals surface area contributed by atoms with Gasteiger partial charge in [-0.3, -0.25) is 4.79 Å². The molecule has 3 aromatic rings. The molecule has 0 aliphatic rings. The Morgan fingerprint density at radius 3 is 2.23 bits per heavy atom. The Hall–Kier alpha value is -2.72. The van der Waals surface area contributed by atoms with Crippen LogP contribution < -0.4 is 0 Å². The molecule has 0 fully saturated rings. The van der Waals surface area contributed by atoms with Gasteiger partial charge in [0.25, 0.3) is 0 Å². The second-order valence-corrected chi connectivity index (χ2v) is 5.53. The van der Waals surface area contributed by atoms with Gasteiger partial charge in [0, 0.05) is 5.56 Å². The number of carbonyl (C=O) groups is 1. The van der Waals surface area contributed by atoms with E-state index in [0.29, 0.717) is 16.1 Å². The fourth-order valence-electron chi connectivity index (χ4n) is 2.07. The zero-order chi connectivity index (χ0) is 15.4. The number of thiazole rings is 1. The van der Waals surface area contributed by atoms with Crippen molar-refractivity contribution in [3.63, 3.8) is 0 Å². The van der Waals surface area contributed by atoms with Crippen LogP contribution in [0.3, 0.4) is 0 Å². The summed E-state index contributed by atoms with van der Waals surface area (Å²) >= 11 is 1.25. The largest absolute Gasteiger partial charge is 0.493 e. The highest BCUT2D eigenvalue weighted by Crippen LogP contribution is 2.27. The van der Waals surface area contributed by atoms with Crippen LogP contribution in [0.25, 0.3) is 11.6 Å². The van der Waals surface area contributed by atoms with E-state index in [-0.39, 0.29) is 11.7 Å². The number of hydrogen-bond donors (Lipinski definition) is 1. The standard InChI is InChI=1S/C18H13NO2S/c20-16-12-22-18(19-16)15(11-13-7-3-1-4-8-13)17(21)14-9-5-2-6-10-14/h1-12,20H/b15-11-. The van der Waals surface area contributed by atoms with E-state index < -0.39 is 0 Å². The first kappa shape index (κ1) is 14.2. The summed E-state index contributed by atoms with van der Waals surface area (Å²) < 4.78 is 0. The summed E-state index contributed by atoms with van der Waals surface area (Å²) in [7, 11) is 0. The lowest BCUT2D eigenvalue weighted by atomic mass is 10.0. The highest BCUT2D eigenvalue weighted by Gasteiger charge is 2.17. The Morgan fingerprint density at radius 2 is 1.64 bits per heavy atom. The van der Waals surface area contributed by atoms with Gasteiger partial charge in [0.1, 0.15) is 5.01 Å². The van der Waals surface area contributed by atoms with Gasteiger partial charge in [-0.2, -0.15) is 0 Å². The fraction of sp³-hybridized carbons (Fsp3) is 0. The maximum atomic E-state index is 12.8. The molecule has 108 valence electrons. The Labute approximate surface area is 132 Å². The molecule has 0 atom stereocenters. The molecule has 0 bridgehead atoms. The highest BCUT2D eigenvalue weighted by molar-refractivity contribution is 7.11. The van der Waals surface area contributed by atoms with E-state index in [1.165, 1.54) is 16.7 Å². The number of aromatic nitrogens is 1. The third-order valence-corrected chi connectivity index (χ3v) is 3.98. The van der Waals surface area contributed by atoms with Gasteiger partial charge >= 0.3 is 0 Å². The second-order valence-electron chi connectivity index (χ2n) is 4.67. The molecule has 4 heteroatoms. The molecular weight excluding hydrogens is 294 g/mol. The predicted molar refractivity (Wildman–Crippen MR) is 88.9 cm³/mol. The molecule has 0 aliphatic heterocycles. The number of aromatic hydroxyl groups is 1. The van der Waals surface area contributed by atoms with Gasteiger partial charge in [-0.05, 0) is 11.6 Å². The van der Waals surface area contributed by atoms with Crippen molar-refractivity contribution in [2.45, 2.75) is 0 Å². The molecule has 3 nitrogen and oxygen atoms in total. The monoisotopic (exact) mass is 307 g/mol. The number of carbonyl (C=O) groups excluding carboxylic acids is 1. The van der Waals surface area contributed by atoms with Crippen LogP contribution in [-0.4, -0.2) is 15.9 Å². The number of hydrogen-bond acceptors (Lipinski definition) is 4. The zero-order valence-corrected chi connectivity index (χ0v) is 12.5. The molecule has 1 N–H and O–H groups in total. The van der Waals surface area contributed by atoms with Crippen LogP contribution in [0.4, 0.5) is 0 Å². The maximum absolute atomic E-state index is 12.8. The molecule has 0 aliphatic carbocycles. The van der Waals surface area contributed by atoms with Crippen LogP contribution in [0.2, 0.25) is 0 Å². The van der Waals surface area contributed by atoms with Crippen molar-refractivity contribution in [1.82, 2.24) is 4.98 Å². The number of nitrogens with zero attached hydrogens (tertiary/aromatic N) is 1. The predicted octanol–water partition coefficient (Wildman–Crippen LogP) is 4.27. The lowest BCUT2D eigenvalue weighted by Gasteiger charge is -2.04. The average Bonchev–Trinajstić information content (AvgIpc) is 3.00. The van der Waals surface area contributed by atoms with Crippen molar-refractivity contribution in [3.8, 4) is 5.88 Å². The van der Waals surface area contributed by atoms with Gasteiger partial charge in [0.2, 0.25) is 5.88 Å². The molecule has 0 amide bonds. The first-order valence-corrected chi connectivity index (χ1v) is 7.63. The van der Waals surface area contributed by atoms with Crippen LogP contribution in [0, 0.1) is 0 Å². The summed E-state index contributed by atoms with van der Waals surface area (Å²) in [6, 6.07) is 18.7. The molecule has 0 radical (unpaired) electrons. The normalized spacial score (nSPS) is 11.4. The van der Waals surface area contributed by atoms with Crippen molar-refractivity contribution in [2.24, 2.45) is 0 Å². The lowest BCUT2D eigenvalue weighted by molar-refractivity contribution is 0.105. The van der Waals surface area contributed by atoms with Crippen molar-refractivity contribution >= 4 is 28.8 Å². The van der Waals surface area contributed by atoms with Crippen molar-refractivity contribution < 1.29 is 9.90 Å². The summed E-state index contributed by atoms with van der Waals surface area (Å²) in [6.07, 6.45) is 1.80. The topological polar surface area (TPSA) is 50.2 Å². The fourth-order valence-corrected chi connectivity index (χ4v) is 2.77. The molecule has 0 saturated carbocycles. The van der Waals surface area contributed by atoms with E-state index >= 15 is 0 Å². The molecule has 1 heterocycles. The van der Waals surface area contributed by atoms with Gasteiger partial charge in [0.05, 0.1) is 11.0 Å². The SMILES string of the molecule is O=C(/C(=C/c1ccccc1)c1nc(O)cs1)c1ccccc1. The molecule has 0 saturated heterocycles. The number of Topliss-reactive ketones (excluding diaryl/α,β-unsaturated/α-hetero) is 1. The first-order chi connectivity index (χ1) is 10.7. The number of benzene rings is 2. The molecule has 0 spiro atoms. The van der Waals surface area contributed by atoms with E-state index in [9.17, 15) is 9.90 Å². The van der Waals surface area contributed by atoms with Crippen LogP contribution in [-0.2, 0) is 0 Å². The summed E-state index contributed by atoms with van der Waals surface area (Å²) in [5.41, 5.74) is 1.98. The third-order valence-electron chi connectivity index (χ3n) is 3.11. The molecular formula is C18H13NO2S. The third kappa shape index (κ3) is 3.13. The van der Waals surface area contributed by atoms with E-state index in [0.717, 1.165) is 5.56 Å². The van der Waals surface area contributed by atoms with Crippen molar-refractivity contribution in [3.05, 3.63) is 82.2 Å². The minimum atomic E-state index is -0.112. The zero-order valence-electron chi connectivity index (χ0n) is 11.6. The molecule has 22 heavy (non-hydrogen) atoms. The summed E-state index contributed by atoms with van der Waals surface area (Å²) in [5.74, 6) is -0.182. The minimum Gasteiger partial charge on any atom is -0.493 e. The van der Waals surface area contributed by atoms with Crippen molar-refractivity contribution in [1.29, 1.82) is 0 Å². The van der Waals surface area contributed by atoms with Crippen LogP contribution >= 0.6 is 11.3 Å². The number of allylic oxidation sites excluding steroid dienone is 1. The highest BCUT2D eigenvalue weighted by atomic mass is 32.1. The Bertz CT molecular complexity index is 807. The molecule has 0 unspecified atom stereocenters. The average molecular weight is 307 g/mol. The maximum Gasteiger partial charge on any atom is 0.222 e. The summed E-state index contributed by atoms with van der Waals surface area (Å²) in [4.78, 5) is 16.8. The van der Waals surface area contributed by atoms with E-state index in [4.69, 9.17) is 0 Å². The second kappa shape index (κ2) is 6.37.